The summed E-state index contributed by atoms with van der Waals surface area (Å²) in [6, 6.07) is 12.1. The maximum absolute atomic E-state index is 13.0. The van der Waals surface area contributed by atoms with E-state index in [2.05, 4.69) is 31.9 Å². The molecule has 0 aliphatic carbocycles. The van der Waals surface area contributed by atoms with Crippen molar-refractivity contribution in [1.82, 2.24) is 0 Å². The van der Waals surface area contributed by atoms with Crippen LogP contribution in [0.2, 0.25) is 0 Å². The van der Waals surface area contributed by atoms with E-state index in [9.17, 15) is 9.18 Å². The Hall–Kier alpha value is -1.00. The van der Waals surface area contributed by atoms with Crippen LogP contribution >= 0.6 is 31.9 Å². The third-order valence-electron chi connectivity index (χ3n) is 2.69. The Morgan fingerprint density at radius 2 is 1.84 bits per heavy atom. The molecule has 0 saturated carbocycles. The van der Waals surface area contributed by atoms with Gasteiger partial charge in [0.1, 0.15) is 11.6 Å². The van der Waals surface area contributed by atoms with Crippen molar-refractivity contribution in [3.8, 4) is 0 Å². The molecule has 0 bridgehead atoms. The summed E-state index contributed by atoms with van der Waals surface area (Å²) in [6.07, 6.45) is 0.677. The fourth-order valence-corrected chi connectivity index (χ4v) is 2.75. The van der Waals surface area contributed by atoms with Gasteiger partial charge in [-0.3, -0.25) is 4.79 Å². The fraction of sp³-hybridized carbons (Fsp3) is 0.133. The predicted octanol–water partition coefficient (Wildman–Crippen LogP) is 4.71. The van der Waals surface area contributed by atoms with Gasteiger partial charge < -0.3 is 0 Å². The Kier molecular flexibility index (Phi) is 4.88. The highest BCUT2D eigenvalue weighted by Crippen LogP contribution is 2.19. The summed E-state index contributed by atoms with van der Waals surface area (Å²) >= 11 is 6.65. The Labute approximate surface area is 128 Å². The van der Waals surface area contributed by atoms with Crippen LogP contribution < -0.4 is 0 Å². The summed E-state index contributed by atoms with van der Waals surface area (Å²) in [4.78, 5) is 12.0. The van der Waals surface area contributed by atoms with Gasteiger partial charge >= 0.3 is 0 Å². The van der Waals surface area contributed by atoms with E-state index in [-0.39, 0.29) is 11.6 Å². The van der Waals surface area contributed by atoms with Crippen molar-refractivity contribution in [3.05, 3.63) is 68.4 Å². The molecule has 2 aromatic carbocycles. The van der Waals surface area contributed by atoms with Crippen LogP contribution in [0.3, 0.4) is 0 Å². The molecule has 0 aromatic heterocycles. The maximum Gasteiger partial charge on any atom is 0.141 e. The lowest BCUT2D eigenvalue weighted by molar-refractivity contribution is -0.117. The second-order valence-electron chi connectivity index (χ2n) is 4.26. The standard InChI is InChI=1S/C15H11Br2FO/c16-12-3-1-2-10(6-12)7-14(19)8-11-4-5-13(18)9-15(11)17/h1-6,9H,7-8H2. The molecular weight excluding hydrogens is 375 g/mol. The average molecular weight is 386 g/mol. The largest absolute Gasteiger partial charge is 0.299 e. The molecule has 0 N–H and O–H groups in total. The number of ketones is 1. The summed E-state index contributed by atoms with van der Waals surface area (Å²) in [5.74, 6) is -0.208. The molecule has 98 valence electrons. The lowest BCUT2D eigenvalue weighted by Gasteiger charge is -2.05. The minimum absolute atomic E-state index is 0.102. The molecular formula is C15H11Br2FO. The number of hydrogen-bond acceptors (Lipinski definition) is 1. The highest BCUT2D eigenvalue weighted by Gasteiger charge is 2.09. The maximum atomic E-state index is 13.0. The van der Waals surface area contributed by atoms with Crippen molar-refractivity contribution in [2.75, 3.05) is 0 Å². The van der Waals surface area contributed by atoms with Crippen LogP contribution in [0.1, 0.15) is 11.1 Å². The fourth-order valence-electron chi connectivity index (χ4n) is 1.81. The zero-order valence-electron chi connectivity index (χ0n) is 10.00. The summed E-state index contributed by atoms with van der Waals surface area (Å²) in [5, 5.41) is 0. The van der Waals surface area contributed by atoms with Crippen molar-refractivity contribution in [2.45, 2.75) is 12.8 Å². The molecule has 2 aromatic rings. The number of carbonyl (C=O) groups is 1. The van der Waals surface area contributed by atoms with Gasteiger partial charge in [0, 0.05) is 21.8 Å². The molecule has 0 spiro atoms. The SMILES string of the molecule is O=C(Cc1cccc(Br)c1)Cc1ccc(F)cc1Br. The molecule has 1 nitrogen and oxygen atoms in total. The second kappa shape index (κ2) is 6.44. The number of carbonyl (C=O) groups excluding carboxylic acids is 1. The average Bonchev–Trinajstić information content (AvgIpc) is 2.33. The molecule has 0 heterocycles. The Balaban J connectivity index is 2.05. The molecule has 0 saturated heterocycles. The summed E-state index contributed by atoms with van der Waals surface area (Å²) < 4.78 is 14.5. The van der Waals surface area contributed by atoms with Crippen molar-refractivity contribution in [1.29, 1.82) is 0 Å². The lowest BCUT2D eigenvalue weighted by atomic mass is 10.0. The zero-order chi connectivity index (χ0) is 13.8. The molecule has 0 radical (unpaired) electrons. The topological polar surface area (TPSA) is 17.1 Å². The van der Waals surface area contributed by atoms with Gasteiger partial charge in [-0.1, -0.05) is 50.1 Å². The van der Waals surface area contributed by atoms with E-state index in [1.165, 1.54) is 12.1 Å². The number of benzene rings is 2. The molecule has 0 amide bonds. The van der Waals surface area contributed by atoms with E-state index in [1.54, 1.807) is 6.07 Å². The zero-order valence-corrected chi connectivity index (χ0v) is 13.2. The molecule has 0 unspecified atom stereocenters. The van der Waals surface area contributed by atoms with Crippen LogP contribution in [0.25, 0.3) is 0 Å². The van der Waals surface area contributed by atoms with Crippen LogP contribution in [-0.2, 0) is 17.6 Å². The number of rotatable bonds is 4. The Morgan fingerprint density at radius 3 is 2.53 bits per heavy atom. The summed E-state index contributed by atoms with van der Waals surface area (Å²) in [5.41, 5.74) is 1.78. The molecule has 0 fully saturated rings. The van der Waals surface area contributed by atoms with Gasteiger partial charge in [0.2, 0.25) is 0 Å². The summed E-state index contributed by atoms with van der Waals surface area (Å²) in [6.45, 7) is 0. The van der Waals surface area contributed by atoms with Gasteiger partial charge in [0.15, 0.2) is 0 Å². The molecule has 2 rings (SSSR count). The predicted molar refractivity (Wildman–Crippen MR) is 80.7 cm³/mol. The quantitative estimate of drug-likeness (QED) is 0.745. The Morgan fingerprint density at radius 1 is 1.05 bits per heavy atom. The smallest absolute Gasteiger partial charge is 0.141 e. The van der Waals surface area contributed by atoms with Gasteiger partial charge in [-0.25, -0.2) is 4.39 Å². The van der Waals surface area contributed by atoms with Gasteiger partial charge in [-0.2, -0.15) is 0 Å². The monoisotopic (exact) mass is 384 g/mol. The van der Waals surface area contributed by atoms with Crippen LogP contribution in [-0.4, -0.2) is 5.78 Å². The highest BCUT2D eigenvalue weighted by atomic mass is 79.9. The van der Waals surface area contributed by atoms with Gasteiger partial charge in [-0.05, 0) is 35.4 Å². The summed E-state index contributed by atoms with van der Waals surface area (Å²) in [7, 11) is 0. The van der Waals surface area contributed by atoms with E-state index < -0.39 is 0 Å². The van der Waals surface area contributed by atoms with Gasteiger partial charge in [0.25, 0.3) is 0 Å². The third kappa shape index (κ3) is 4.25. The molecule has 0 aliphatic rings. The van der Waals surface area contributed by atoms with Crippen LogP contribution in [0.5, 0.6) is 0 Å². The lowest BCUT2D eigenvalue weighted by Crippen LogP contribution is -2.07. The van der Waals surface area contributed by atoms with Gasteiger partial charge in [0.05, 0.1) is 0 Å². The normalized spacial score (nSPS) is 10.5. The Bertz CT molecular complexity index is 611. The van der Waals surface area contributed by atoms with E-state index >= 15 is 0 Å². The van der Waals surface area contributed by atoms with Crippen molar-refractivity contribution < 1.29 is 9.18 Å². The van der Waals surface area contributed by atoms with E-state index in [1.807, 2.05) is 24.3 Å². The first kappa shape index (κ1) is 14.4. The van der Waals surface area contributed by atoms with Crippen molar-refractivity contribution in [2.24, 2.45) is 0 Å². The second-order valence-corrected chi connectivity index (χ2v) is 6.03. The molecule has 0 atom stereocenters. The number of halogens is 3. The first-order valence-corrected chi connectivity index (χ1v) is 7.33. The minimum Gasteiger partial charge on any atom is -0.299 e. The molecule has 19 heavy (non-hydrogen) atoms. The number of hydrogen-bond donors (Lipinski definition) is 0. The van der Waals surface area contributed by atoms with Crippen molar-refractivity contribution in [3.63, 3.8) is 0 Å². The third-order valence-corrected chi connectivity index (χ3v) is 3.92. The number of Topliss-reactive ketones (excluding diaryl/α,β-unsaturated/α-hetero) is 1. The first-order valence-electron chi connectivity index (χ1n) is 5.74. The molecule has 4 heteroatoms. The first-order chi connectivity index (χ1) is 9.04. The van der Waals surface area contributed by atoms with Crippen LogP contribution in [0.15, 0.2) is 51.4 Å². The van der Waals surface area contributed by atoms with Crippen molar-refractivity contribution >= 4 is 37.6 Å². The van der Waals surface area contributed by atoms with E-state index in [4.69, 9.17) is 0 Å². The van der Waals surface area contributed by atoms with Gasteiger partial charge in [-0.15, -0.1) is 0 Å². The van der Waals surface area contributed by atoms with E-state index in [0.717, 1.165) is 15.6 Å². The minimum atomic E-state index is -0.310. The van der Waals surface area contributed by atoms with Crippen LogP contribution in [0.4, 0.5) is 4.39 Å². The molecule has 0 aliphatic heterocycles. The van der Waals surface area contributed by atoms with Crippen LogP contribution in [0, 0.1) is 5.82 Å². The van der Waals surface area contributed by atoms with E-state index in [0.29, 0.717) is 17.3 Å². The highest BCUT2D eigenvalue weighted by molar-refractivity contribution is 9.10.